The highest BCUT2D eigenvalue weighted by Gasteiger charge is 2.30. The number of benzene rings is 1. The van der Waals surface area contributed by atoms with E-state index in [4.69, 9.17) is 10.5 Å². The summed E-state index contributed by atoms with van der Waals surface area (Å²) >= 11 is 0. The molecule has 1 aromatic rings. The van der Waals surface area contributed by atoms with E-state index in [9.17, 15) is 5.11 Å². The minimum atomic E-state index is -1.01. The number of hydrogen-bond acceptors (Lipinski definition) is 4. The molecular weight excluding hydrogens is 240 g/mol. The Bertz CT molecular complexity index is 356. The third-order valence-corrected chi connectivity index (χ3v) is 3.43. The molecule has 4 heteroatoms. The Morgan fingerprint density at radius 1 is 1.32 bits per heavy atom. The first-order valence-corrected chi connectivity index (χ1v) is 6.74. The molecule has 3 N–H and O–H groups in total. The van der Waals surface area contributed by atoms with Crippen LogP contribution in [0.15, 0.2) is 30.3 Å². The van der Waals surface area contributed by atoms with Gasteiger partial charge in [0.2, 0.25) is 0 Å². The fourth-order valence-electron chi connectivity index (χ4n) is 2.09. The number of nitrogens with two attached hydrogens (primary N) is 1. The Hall–Kier alpha value is -0.940. The lowest BCUT2D eigenvalue weighted by molar-refractivity contribution is -0.00870. The van der Waals surface area contributed by atoms with Gasteiger partial charge in [0.05, 0.1) is 6.61 Å². The van der Waals surface area contributed by atoms with Gasteiger partial charge >= 0.3 is 0 Å². The summed E-state index contributed by atoms with van der Waals surface area (Å²) in [4.78, 5) is 2.18. The number of aliphatic hydroxyl groups is 1. The van der Waals surface area contributed by atoms with Gasteiger partial charge in [0.15, 0.2) is 0 Å². The van der Waals surface area contributed by atoms with Crippen molar-refractivity contribution in [2.24, 2.45) is 5.73 Å². The summed E-state index contributed by atoms with van der Waals surface area (Å²) in [6.45, 7) is 6.36. The van der Waals surface area contributed by atoms with Crippen molar-refractivity contribution in [1.82, 2.24) is 4.90 Å². The van der Waals surface area contributed by atoms with Crippen molar-refractivity contribution >= 4 is 0 Å². The molecule has 4 nitrogen and oxygen atoms in total. The fourth-order valence-corrected chi connectivity index (χ4v) is 2.09. The Kier molecular flexibility index (Phi) is 6.45. The largest absolute Gasteiger partial charge is 0.383 e. The molecule has 0 saturated carbocycles. The van der Waals surface area contributed by atoms with Crippen LogP contribution in [0.25, 0.3) is 0 Å². The number of methoxy groups -OCH3 is 1. The van der Waals surface area contributed by atoms with Crippen molar-refractivity contribution in [3.8, 4) is 0 Å². The molecule has 1 atom stereocenters. The maximum Gasteiger partial charge on any atom is 0.114 e. The second-order valence-corrected chi connectivity index (χ2v) is 5.16. The van der Waals surface area contributed by atoms with Crippen LogP contribution in [-0.4, -0.2) is 49.4 Å². The molecule has 0 aliphatic rings. The average molecular weight is 266 g/mol. The predicted molar refractivity (Wildman–Crippen MR) is 78.0 cm³/mol. The summed E-state index contributed by atoms with van der Waals surface area (Å²) in [5, 5.41) is 10.8. The summed E-state index contributed by atoms with van der Waals surface area (Å²) in [7, 11) is 1.69. The third-order valence-electron chi connectivity index (χ3n) is 3.43. The van der Waals surface area contributed by atoms with E-state index < -0.39 is 5.60 Å². The normalized spacial score (nSPS) is 14.9. The molecule has 19 heavy (non-hydrogen) atoms. The van der Waals surface area contributed by atoms with Gasteiger partial charge in [0.25, 0.3) is 0 Å². The molecule has 0 aliphatic heterocycles. The zero-order valence-corrected chi connectivity index (χ0v) is 12.2. The lowest BCUT2D eigenvalue weighted by atomic mass is 9.93. The minimum Gasteiger partial charge on any atom is -0.383 e. The van der Waals surface area contributed by atoms with E-state index in [0.29, 0.717) is 19.2 Å². The molecule has 0 radical (unpaired) electrons. The molecule has 0 heterocycles. The molecule has 1 unspecified atom stereocenters. The molecular formula is C15H26N2O2. The minimum absolute atomic E-state index is 0.202. The van der Waals surface area contributed by atoms with Gasteiger partial charge < -0.3 is 15.6 Å². The number of hydrogen-bond donors (Lipinski definition) is 2. The Balaban J connectivity index is 2.83. The van der Waals surface area contributed by atoms with Crippen LogP contribution in [-0.2, 0) is 10.3 Å². The highest BCUT2D eigenvalue weighted by Crippen LogP contribution is 2.22. The third kappa shape index (κ3) is 4.58. The fraction of sp³-hybridized carbons (Fsp3) is 0.600. The molecule has 0 aliphatic carbocycles. The van der Waals surface area contributed by atoms with E-state index >= 15 is 0 Å². The maximum absolute atomic E-state index is 10.8. The molecule has 0 bridgehead atoms. The highest BCUT2D eigenvalue weighted by molar-refractivity contribution is 5.23. The molecule has 0 amide bonds. The predicted octanol–water partition coefficient (Wildman–Crippen LogP) is 1.19. The summed E-state index contributed by atoms with van der Waals surface area (Å²) in [5.41, 5.74) is 5.66. The van der Waals surface area contributed by atoms with Gasteiger partial charge in [0.1, 0.15) is 5.60 Å². The van der Waals surface area contributed by atoms with Gasteiger partial charge in [-0.2, -0.15) is 0 Å². The second-order valence-electron chi connectivity index (χ2n) is 5.16. The van der Waals surface area contributed by atoms with Gasteiger partial charge in [-0.05, 0) is 19.4 Å². The molecule has 0 spiro atoms. The molecule has 0 fully saturated rings. The van der Waals surface area contributed by atoms with Gasteiger partial charge in [-0.1, -0.05) is 30.3 Å². The lowest BCUT2D eigenvalue weighted by Crippen LogP contribution is -2.49. The van der Waals surface area contributed by atoms with Crippen molar-refractivity contribution in [3.05, 3.63) is 35.9 Å². The van der Waals surface area contributed by atoms with Crippen molar-refractivity contribution in [1.29, 1.82) is 0 Å². The van der Waals surface area contributed by atoms with E-state index in [0.717, 1.165) is 12.1 Å². The van der Waals surface area contributed by atoms with Gasteiger partial charge in [-0.3, -0.25) is 4.90 Å². The lowest BCUT2D eigenvalue weighted by Gasteiger charge is -2.36. The molecule has 0 saturated heterocycles. The summed E-state index contributed by atoms with van der Waals surface area (Å²) < 4.78 is 5.12. The number of nitrogens with zero attached hydrogens (tertiary/aromatic N) is 1. The van der Waals surface area contributed by atoms with Crippen LogP contribution in [0.4, 0.5) is 0 Å². The number of ether oxygens (including phenoxy) is 1. The molecule has 1 rings (SSSR count). The standard InChI is InChI=1S/C15H26N2O2/c1-13(2)17(9-10-19-3)12-15(18,11-16)14-7-5-4-6-8-14/h4-8,13,18H,9-12,16H2,1-3H3. The van der Waals surface area contributed by atoms with Crippen LogP contribution < -0.4 is 5.73 Å². The number of rotatable bonds is 8. The topological polar surface area (TPSA) is 58.7 Å². The monoisotopic (exact) mass is 266 g/mol. The Morgan fingerprint density at radius 2 is 1.95 bits per heavy atom. The Morgan fingerprint density at radius 3 is 2.42 bits per heavy atom. The first kappa shape index (κ1) is 16.1. The van der Waals surface area contributed by atoms with E-state index in [1.54, 1.807) is 7.11 Å². The maximum atomic E-state index is 10.8. The first-order chi connectivity index (χ1) is 9.03. The van der Waals surface area contributed by atoms with Crippen molar-refractivity contribution in [2.75, 3.05) is 33.4 Å². The zero-order chi connectivity index (χ0) is 14.3. The van der Waals surface area contributed by atoms with Crippen LogP contribution in [0.3, 0.4) is 0 Å². The summed E-state index contributed by atoms with van der Waals surface area (Å²) in [6.07, 6.45) is 0. The smallest absolute Gasteiger partial charge is 0.114 e. The quantitative estimate of drug-likeness (QED) is 0.742. The summed E-state index contributed by atoms with van der Waals surface area (Å²) in [5.74, 6) is 0. The van der Waals surface area contributed by atoms with Gasteiger partial charge in [-0.15, -0.1) is 0 Å². The first-order valence-electron chi connectivity index (χ1n) is 6.74. The summed E-state index contributed by atoms with van der Waals surface area (Å²) in [6, 6.07) is 9.95. The molecule has 108 valence electrons. The van der Waals surface area contributed by atoms with E-state index in [2.05, 4.69) is 18.7 Å². The van der Waals surface area contributed by atoms with Crippen molar-refractivity contribution in [2.45, 2.75) is 25.5 Å². The van der Waals surface area contributed by atoms with Crippen LogP contribution in [0.2, 0.25) is 0 Å². The highest BCUT2D eigenvalue weighted by atomic mass is 16.5. The van der Waals surface area contributed by atoms with E-state index in [1.807, 2.05) is 30.3 Å². The Labute approximate surface area is 116 Å². The van der Waals surface area contributed by atoms with Gasteiger partial charge in [-0.25, -0.2) is 0 Å². The van der Waals surface area contributed by atoms with Crippen LogP contribution in [0.5, 0.6) is 0 Å². The molecule has 0 aromatic heterocycles. The van der Waals surface area contributed by atoms with E-state index in [-0.39, 0.29) is 6.54 Å². The van der Waals surface area contributed by atoms with Crippen LogP contribution in [0.1, 0.15) is 19.4 Å². The van der Waals surface area contributed by atoms with Crippen molar-refractivity contribution in [3.63, 3.8) is 0 Å². The SMILES string of the molecule is COCCN(CC(O)(CN)c1ccccc1)C(C)C. The average Bonchev–Trinajstić information content (AvgIpc) is 2.43. The van der Waals surface area contributed by atoms with E-state index in [1.165, 1.54) is 0 Å². The van der Waals surface area contributed by atoms with Gasteiger partial charge in [0, 0.05) is 32.8 Å². The van der Waals surface area contributed by atoms with Crippen LogP contribution >= 0.6 is 0 Å². The van der Waals surface area contributed by atoms with Crippen LogP contribution in [0, 0.1) is 0 Å². The van der Waals surface area contributed by atoms with Crippen molar-refractivity contribution < 1.29 is 9.84 Å². The second kappa shape index (κ2) is 7.60. The zero-order valence-electron chi connectivity index (χ0n) is 12.2. The molecule has 1 aromatic carbocycles.